The van der Waals surface area contributed by atoms with Crippen molar-refractivity contribution in [2.45, 2.75) is 38.2 Å². The fourth-order valence-corrected chi connectivity index (χ4v) is 3.76. The lowest BCUT2D eigenvalue weighted by molar-refractivity contribution is -0.174. The molecule has 2 fully saturated rings. The Hall–Kier alpha value is -1.13. The van der Waals surface area contributed by atoms with Crippen LogP contribution < -0.4 is 0 Å². The van der Waals surface area contributed by atoms with E-state index in [1.165, 1.54) is 18.2 Å². The van der Waals surface area contributed by atoms with Crippen molar-refractivity contribution in [2.75, 3.05) is 13.1 Å². The second-order valence-electron chi connectivity index (χ2n) is 6.48. The zero-order valence-corrected chi connectivity index (χ0v) is 12.8. The van der Waals surface area contributed by atoms with Crippen molar-refractivity contribution < 1.29 is 14.3 Å². The van der Waals surface area contributed by atoms with E-state index < -0.39 is 11.4 Å². The van der Waals surface area contributed by atoms with E-state index in [0.717, 1.165) is 25.7 Å². The van der Waals surface area contributed by atoms with Crippen LogP contribution in [-0.4, -0.2) is 34.6 Å². The summed E-state index contributed by atoms with van der Waals surface area (Å²) < 4.78 is 13.2. The Labute approximate surface area is 128 Å². The van der Waals surface area contributed by atoms with E-state index in [4.69, 9.17) is 11.6 Å². The van der Waals surface area contributed by atoms with Crippen molar-refractivity contribution in [2.24, 2.45) is 5.41 Å². The Morgan fingerprint density at radius 1 is 1.29 bits per heavy atom. The number of carbonyl (C=O) groups excluding carboxylic acids is 1. The van der Waals surface area contributed by atoms with Gasteiger partial charge in [-0.15, -0.1) is 0 Å². The van der Waals surface area contributed by atoms with Crippen LogP contribution in [0.25, 0.3) is 0 Å². The minimum Gasteiger partial charge on any atom is -0.390 e. The molecule has 114 valence electrons. The van der Waals surface area contributed by atoms with Gasteiger partial charge in [0.25, 0.3) is 5.91 Å². The lowest BCUT2D eigenvalue weighted by atomic mass is 9.53. The molecule has 1 unspecified atom stereocenters. The molecule has 0 aromatic heterocycles. The summed E-state index contributed by atoms with van der Waals surface area (Å²) >= 11 is 5.73. The molecule has 1 saturated heterocycles. The van der Waals surface area contributed by atoms with Gasteiger partial charge in [-0.05, 0) is 50.8 Å². The zero-order chi connectivity index (χ0) is 15.3. The Kier molecular flexibility index (Phi) is 3.49. The van der Waals surface area contributed by atoms with Gasteiger partial charge in [0.2, 0.25) is 0 Å². The highest BCUT2D eigenvalue weighted by atomic mass is 35.5. The summed E-state index contributed by atoms with van der Waals surface area (Å²) in [6, 6.07) is 4.06. The number of carbonyl (C=O) groups is 1. The lowest BCUT2D eigenvalue weighted by Gasteiger charge is -2.58. The van der Waals surface area contributed by atoms with Gasteiger partial charge < -0.3 is 10.0 Å². The van der Waals surface area contributed by atoms with Crippen molar-refractivity contribution in [3.05, 3.63) is 34.6 Å². The molecule has 1 aromatic rings. The van der Waals surface area contributed by atoms with Crippen LogP contribution in [0.1, 0.15) is 43.0 Å². The number of piperidine rings is 1. The molecule has 0 bridgehead atoms. The smallest absolute Gasteiger partial charge is 0.253 e. The summed E-state index contributed by atoms with van der Waals surface area (Å²) in [5, 5.41) is 10.3. The Bertz CT molecular complexity index is 580. The highest BCUT2D eigenvalue weighted by Crippen LogP contribution is 2.56. The van der Waals surface area contributed by atoms with Crippen LogP contribution in [0.15, 0.2) is 18.2 Å². The molecule has 1 aliphatic carbocycles. The molecule has 1 amide bonds. The molecule has 1 saturated carbocycles. The average Bonchev–Trinajstić information content (AvgIpc) is 2.48. The van der Waals surface area contributed by atoms with Gasteiger partial charge in [0.05, 0.1) is 10.6 Å². The maximum absolute atomic E-state index is 13.2. The third-order valence-corrected chi connectivity index (χ3v) is 5.70. The minimum absolute atomic E-state index is 0.0236. The number of halogens is 2. The maximum Gasteiger partial charge on any atom is 0.253 e. The van der Waals surface area contributed by atoms with Gasteiger partial charge in [-0.2, -0.15) is 0 Å². The molecule has 1 N–H and O–H groups in total. The van der Waals surface area contributed by atoms with E-state index in [-0.39, 0.29) is 16.3 Å². The fraction of sp³-hybridized carbons (Fsp3) is 0.562. The number of hydrogen-bond donors (Lipinski definition) is 1. The summed E-state index contributed by atoms with van der Waals surface area (Å²) in [6.07, 6.45) is 3.51. The molecular formula is C16H19ClFNO2. The van der Waals surface area contributed by atoms with Crippen molar-refractivity contribution in [3.8, 4) is 0 Å². The number of likely N-dealkylation sites (tertiary alicyclic amines) is 1. The monoisotopic (exact) mass is 311 g/mol. The summed E-state index contributed by atoms with van der Waals surface area (Å²) in [5.41, 5.74) is -0.205. The van der Waals surface area contributed by atoms with Crippen molar-refractivity contribution in [1.82, 2.24) is 4.90 Å². The first-order valence-corrected chi connectivity index (χ1v) is 7.69. The quantitative estimate of drug-likeness (QED) is 0.865. The van der Waals surface area contributed by atoms with Crippen LogP contribution in [-0.2, 0) is 0 Å². The number of rotatable bonds is 1. The number of hydrogen-bond acceptors (Lipinski definition) is 2. The molecule has 2 aliphatic rings. The number of amides is 1. The fourth-order valence-electron chi connectivity index (χ4n) is 3.58. The van der Waals surface area contributed by atoms with E-state index in [9.17, 15) is 14.3 Å². The Morgan fingerprint density at radius 3 is 2.43 bits per heavy atom. The van der Waals surface area contributed by atoms with E-state index in [1.54, 1.807) is 4.90 Å². The number of aliphatic hydroxyl groups is 1. The van der Waals surface area contributed by atoms with Crippen LogP contribution >= 0.6 is 11.6 Å². The van der Waals surface area contributed by atoms with E-state index in [1.807, 2.05) is 6.92 Å². The molecule has 1 aliphatic heterocycles. The van der Waals surface area contributed by atoms with Crippen LogP contribution in [0.2, 0.25) is 5.02 Å². The third-order valence-electron chi connectivity index (χ3n) is 5.41. The second-order valence-corrected chi connectivity index (χ2v) is 6.88. The summed E-state index contributed by atoms with van der Waals surface area (Å²) in [5.74, 6) is -0.637. The first kappa shape index (κ1) is 14.8. The zero-order valence-electron chi connectivity index (χ0n) is 12.0. The molecule has 1 spiro atoms. The largest absolute Gasteiger partial charge is 0.390 e. The van der Waals surface area contributed by atoms with E-state index >= 15 is 0 Å². The van der Waals surface area contributed by atoms with Gasteiger partial charge in [0.1, 0.15) is 5.82 Å². The maximum atomic E-state index is 13.2. The number of benzene rings is 1. The normalized spacial score (nSPS) is 27.5. The van der Waals surface area contributed by atoms with Gasteiger partial charge in [-0.3, -0.25) is 4.79 Å². The van der Waals surface area contributed by atoms with Gasteiger partial charge >= 0.3 is 0 Å². The Morgan fingerprint density at radius 2 is 1.95 bits per heavy atom. The van der Waals surface area contributed by atoms with Gasteiger partial charge in [0.15, 0.2) is 0 Å². The summed E-state index contributed by atoms with van der Waals surface area (Å²) in [7, 11) is 0. The summed E-state index contributed by atoms with van der Waals surface area (Å²) in [6.45, 7) is 3.15. The summed E-state index contributed by atoms with van der Waals surface area (Å²) in [4.78, 5) is 14.2. The molecular weight excluding hydrogens is 293 g/mol. The number of nitrogens with zero attached hydrogens (tertiary/aromatic N) is 1. The van der Waals surface area contributed by atoms with E-state index in [2.05, 4.69) is 0 Å². The third kappa shape index (κ3) is 2.34. The highest BCUT2D eigenvalue weighted by molar-refractivity contribution is 6.31. The minimum atomic E-state index is -0.596. The topological polar surface area (TPSA) is 40.5 Å². The first-order valence-electron chi connectivity index (χ1n) is 7.31. The molecule has 3 nitrogen and oxygen atoms in total. The van der Waals surface area contributed by atoms with Crippen molar-refractivity contribution in [1.29, 1.82) is 0 Å². The molecule has 3 rings (SSSR count). The predicted octanol–water partition coefficient (Wildman–Crippen LogP) is 3.25. The molecule has 1 aromatic carbocycles. The Balaban J connectivity index is 1.69. The molecule has 0 radical (unpaired) electrons. The first-order chi connectivity index (χ1) is 9.85. The standard InChI is InChI=1S/C16H19ClFNO2/c1-15(21)4-5-16(15)6-8-19(9-7-16)14(20)11-2-3-13(18)12(17)10-11/h2-3,10,21H,4-9H2,1H3. The SMILES string of the molecule is CC1(O)CCC12CCN(C(=O)c1ccc(F)c(Cl)c1)CC2. The predicted molar refractivity (Wildman–Crippen MR) is 78.8 cm³/mol. The van der Waals surface area contributed by atoms with Crippen LogP contribution in [0.4, 0.5) is 4.39 Å². The highest BCUT2D eigenvalue weighted by Gasteiger charge is 2.55. The average molecular weight is 312 g/mol. The van der Waals surface area contributed by atoms with Gasteiger partial charge in [-0.1, -0.05) is 11.6 Å². The second kappa shape index (κ2) is 4.96. The van der Waals surface area contributed by atoms with Gasteiger partial charge in [0, 0.05) is 24.1 Å². The van der Waals surface area contributed by atoms with Crippen molar-refractivity contribution >= 4 is 17.5 Å². The van der Waals surface area contributed by atoms with E-state index in [0.29, 0.717) is 18.7 Å². The lowest BCUT2D eigenvalue weighted by Crippen LogP contribution is -2.60. The van der Waals surface area contributed by atoms with Crippen LogP contribution in [0.3, 0.4) is 0 Å². The molecule has 5 heteroatoms. The van der Waals surface area contributed by atoms with Crippen molar-refractivity contribution in [3.63, 3.8) is 0 Å². The molecule has 1 atom stereocenters. The van der Waals surface area contributed by atoms with Gasteiger partial charge in [-0.25, -0.2) is 4.39 Å². The molecule has 21 heavy (non-hydrogen) atoms. The van der Waals surface area contributed by atoms with Crippen LogP contribution in [0.5, 0.6) is 0 Å². The molecule has 1 heterocycles. The van der Waals surface area contributed by atoms with Crippen LogP contribution in [0, 0.1) is 11.2 Å².